The summed E-state index contributed by atoms with van der Waals surface area (Å²) in [5.41, 5.74) is 0. The first-order chi connectivity index (χ1) is 7.37. The monoisotopic (exact) mass is 262 g/mol. The van der Waals surface area contributed by atoms with Gasteiger partial charge in [-0.15, -0.1) is 0 Å². The van der Waals surface area contributed by atoms with Crippen molar-refractivity contribution >= 4 is 25.1 Å². The van der Waals surface area contributed by atoms with Crippen LogP contribution >= 0.6 is 0 Å². The van der Waals surface area contributed by atoms with E-state index >= 15 is 0 Å². The molecule has 0 spiro atoms. The molecule has 1 aromatic rings. The smallest absolute Gasteiger partial charge is 0.413 e. The third-order valence-corrected chi connectivity index (χ3v) is 5.81. The highest BCUT2D eigenvalue weighted by Gasteiger charge is 2.43. The summed E-state index contributed by atoms with van der Waals surface area (Å²) in [4.78, 5) is -0.563. The van der Waals surface area contributed by atoms with Gasteiger partial charge in [-0.3, -0.25) is 5.21 Å². The molecule has 1 aromatic carbocycles. The van der Waals surface area contributed by atoms with Crippen LogP contribution in [0.4, 0.5) is 0 Å². The van der Waals surface area contributed by atoms with Crippen LogP contribution in [0.3, 0.4) is 0 Å². The predicted octanol–water partition coefficient (Wildman–Crippen LogP) is 0.594. The van der Waals surface area contributed by atoms with Crippen molar-refractivity contribution in [2.24, 2.45) is 0 Å². The van der Waals surface area contributed by atoms with Crippen LogP contribution in [0.25, 0.3) is 0 Å². The molecule has 0 saturated heterocycles. The minimum Gasteiger partial charge on any atom is -0.413 e. The van der Waals surface area contributed by atoms with Crippen LogP contribution in [-0.2, 0) is 20.7 Å². The maximum absolute atomic E-state index is 12.0. The molecule has 0 heterocycles. The molecule has 5 nitrogen and oxygen atoms in total. The summed E-state index contributed by atoms with van der Waals surface area (Å²) < 4.78 is 23.4. The average molecular weight is 262 g/mol. The fourth-order valence-corrected chi connectivity index (χ4v) is 4.46. The molecule has 16 heavy (non-hydrogen) atoms. The molecule has 88 valence electrons. The number of nitrogens with zero attached hydrogens (tertiary/aromatic N) is 1. The summed E-state index contributed by atoms with van der Waals surface area (Å²) >= 11 is 0. The molecule has 1 rings (SSSR count). The van der Waals surface area contributed by atoms with Gasteiger partial charge in [0.2, 0.25) is 0 Å². The van der Waals surface area contributed by atoms with E-state index in [9.17, 15) is 13.6 Å². The van der Waals surface area contributed by atoms with E-state index in [-0.39, 0.29) is 4.90 Å². The largest absolute Gasteiger partial charge is 0.536 e. The Morgan fingerprint density at radius 1 is 1.31 bits per heavy atom. The van der Waals surface area contributed by atoms with Crippen LogP contribution in [0.2, 0.25) is 0 Å². The van der Waals surface area contributed by atoms with Crippen molar-refractivity contribution in [3.8, 4) is 0 Å². The third-order valence-electron chi connectivity index (χ3n) is 1.79. The lowest BCUT2D eigenvalue weighted by atomic mass is 10.4. The second kappa shape index (κ2) is 4.75. The summed E-state index contributed by atoms with van der Waals surface area (Å²) in [6, 6.07) is 7.54. The number of benzene rings is 1. The molecular weight excluding hydrogens is 250 g/mol. The third kappa shape index (κ3) is 2.48. The summed E-state index contributed by atoms with van der Waals surface area (Å²) in [7, 11) is -4.77. The minimum atomic E-state index is -3.91. The highest BCUT2D eigenvalue weighted by Crippen LogP contribution is 2.14. The number of hydrogen-bond acceptors (Lipinski definition) is 4. The average Bonchev–Trinajstić information content (AvgIpc) is 2.17. The summed E-state index contributed by atoms with van der Waals surface area (Å²) in [6.45, 7) is 0. The van der Waals surface area contributed by atoms with Crippen molar-refractivity contribution in [2.75, 3.05) is 12.5 Å². The molecular formula is C9H12NO4S2+. The van der Waals surface area contributed by atoms with Gasteiger partial charge < -0.3 is 5.21 Å². The van der Waals surface area contributed by atoms with Gasteiger partial charge in [-0.05, 0) is 12.1 Å². The Hall–Kier alpha value is -1.21. The molecule has 1 N–H and O–H groups in total. The van der Waals surface area contributed by atoms with Gasteiger partial charge in [0, 0.05) is 0 Å². The maximum Gasteiger partial charge on any atom is 0.536 e. The first kappa shape index (κ1) is 12.9. The van der Waals surface area contributed by atoms with Gasteiger partial charge in [0.15, 0.2) is 0 Å². The van der Waals surface area contributed by atoms with E-state index in [1.54, 1.807) is 30.7 Å². The van der Waals surface area contributed by atoms with Gasteiger partial charge in [-0.25, -0.2) is 8.42 Å². The van der Waals surface area contributed by atoms with Gasteiger partial charge in [-0.2, -0.15) is 0 Å². The standard InChI is InChI=1S/C9H12NO4S2/c1-15(2)9(10(11)12)16(13,14)8-6-4-3-5-7-8/h3-7H,1-2H3,(H,11,12)/q+1. The second-order valence-corrected chi connectivity index (χ2v) is 7.31. The summed E-state index contributed by atoms with van der Waals surface area (Å²) in [6.07, 6.45) is 3.11. The fraction of sp³-hybridized carbons (Fsp3) is 0.222. The van der Waals surface area contributed by atoms with Gasteiger partial charge in [0.25, 0.3) is 0 Å². The van der Waals surface area contributed by atoms with E-state index < -0.39 is 30.0 Å². The van der Waals surface area contributed by atoms with Gasteiger partial charge >= 0.3 is 14.2 Å². The molecule has 0 aliphatic rings. The Balaban J connectivity index is 3.38. The molecule has 0 amide bonds. The molecule has 0 bridgehead atoms. The van der Waals surface area contributed by atoms with E-state index in [2.05, 4.69) is 0 Å². The van der Waals surface area contributed by atoms with E-state index in [1.807, 2.05) is 0 Å². The van der Waals surface area contributed by atoms with Crippen LogP contribution in [0.5, 0.6) is 0 Å². The molecule has 0 saturated carbocycles. The maximum atomic E-state index is 12.0. The highest BCUT2D eigenvalue weighted by atomic mass is 32.3. The molecule has 0 aromatic heterocycles. The minimum absolute atomic E-state index is 0.00102. The molecule has 0 radical (unpaired) electrons. The van der Waals surface area contributed by atoms with Crippen LogP contribution < -0.4 is 0 Å². The van der Waals surface area contributed by atoms with Crippen molar-refractivity contribution in [1.29, 1.82) is 0 Å². The lowest BCUT2D eigenvalue weighted by Crippen LogP contribution is -2.30. The second-order valence-electron chi connectivity index (χ2n) is 3.17. The zero-order valence-corrected chi connectivity index (χ0v) is 10.5. The molecule has 0 aliphatic carbocycles. The SMILES string of the molecule is C[S+](C)/C(=[N+](\[O-])O)S(=O)(=O)c1ccccc1. The van der Waals surface area contributed by atoms with Crippen molar-refractivity contribution in [3.05, 3.63) is 35.5 Å². The fourth-order valence-electron chi connectivity index (χ4n) is 1.18. The molecule has 0 aliphatic heterocycles. The topological polar surface area (TPSA) is 80.4 Å². The quantitative estimate of drug-likeness (QED) is 0.201. The van der Waals surface area contributed by atoms with Crippen molar-refractivity contribution in [3.63, 3.8) is 0 Å². The summed E-state index contributed by atoms with van der Waals surface area (Å²) in [5.74, 6) is 0. The number of rotatable bonds is 1. The lowest BCUT2D eigenvalue weighted by Gasteiger charge is -2.00. The Kier molecular flexibility index (Phi) is 3.82. The van der Waals surface area contributed by atoms with Crippen LogP contribution in [0, 0.1) is 5.21 Å². The summed E-state index contributed by atoms with van der Waals surface area (Å²) in [5, 5.41) is 19.7. The zero-order valence-electron chi connectivity index (χ0n) is 8.82. The van der Waals surface area contributed by atoms with Gasteiger partial charge in [0.1, 0.15) is 28.3 Å². The zero-order chi connectivity index (χ0) is 12.3. The van der Waals surface area contributed by atoms with E-state index in [0.29, 0.717) is 0 Å². The lowest BCUT2D eigenvalue weighted by molar-refractivity contribution is -0.722. The van der Waals surface area contributed by atoms with Crippen LogP contribution in [0.15, 0.2) is 35.2 Å². The first-order valence-corrected chi connectivity index (χ1v) is 7.80. The van der Waals surface area contributed by atoms with Crippen molar-refractivity contribution in [1.82, 2.24) is 0 Å². The Morgan fingerprint density at radius 2 is 1.81 bits per heavy atom. The normalized spacial score (nSPS) is 13.7. The van der Waals surface area contributed by atoms with Crippen molar-refractivity contribution in [2.45, 2.75) is 4.90 Å². The van der Waals surface area contributed by atoms with E-state index in [1.165, 1.54) is 12.1 Å². The molecule has 0 fully saturated rings. The molecule has 0 unspecified atom stereocenters. The van der Waals surface area contributed by atoms with Crippen LogP contribution in [0.1, 0.15) is 0 Å². The Bertz CT molecular complexity index is 490. The van der Waals surface area contributed by atoms with Gasteiger partial charge in [0.05, 0.1) is 4.90 Å². The molecule has 7 heteroatoms. The number of hydrogen-bond donors (Lipinski definition) is 1. The molecule has 0 atom stereocenters. The van der Waals surface area contributed by atoms with E-state index in [4.69, 9.17) is 5.21 Å². The van der Waals surface area contributed by atoms with Crippen LogP contribution in [-0.4, -0.2) is 35.4 Å². The predicted molar refractivity (Wildman–Crippen MR) is 63.3 cm³/mol. The first-order valence-electron chi connectivity index (χ1n) is 4.28. The van der Waals surface area contributed by atoms with Crippen molar-refractivity contribution < 1.29 is 18.5 Å². The highest BCUT2D eigenvalue weighted by molar-refractivity contribution is 8.32. The Labute approximate surface area is 96.8 Å². The number of sulfone groups is 1. The van der Waals surface area contributed by atoms with E-state index in [0.717, 1.165) is 0 Å². The van der Waals surface area contributed by atoms with Gasteiger partial charge in [-0.1, -0.05) is 18.2 Å². The Morgan fingerprint density at radius 3 is 2.19 bits per heavy atom.